The number of aromatic hydroxyl groups is 1. The Balaban J connectivity index is 1.58. The quantitative estimate of drug-likeness (QED) is 0.798. The summed E-state index contributed by atoms with van der Waals surface area (Å²) >= 11 is 0. The monoisotopic (exact) mass is 256 g/mol. The summed E-state index contributed by atoms with van der Waals surface area (Å²) in [7, 11) is 0. The van der Waals surface area contributed by atoms with Crippen molar-refractivity contribution in [3.05, 3.63) is 30.0 Å². The molecular formula is C16H20N2O. The van der Waals surface area contributed by atoms with Crippen LogP contribution in [0.4, 0.5) is 0 Å². The molecule has 0 atom stereocenters. The first-order valence-electron chi connectivity index (χ1n) is 7.27. The minimum absolute atomic E-state index is 0.0980. The Morgan fingerprint density at radius 1 is 1.00 bits per heavy atom. The number of rotatable bonds is 6. The molecule has 3 rings (SSSR count). The maximum absolute atomic E-state index is 9.89. The lowest BCUT2D eigenvalue weighted by molar-refractivity contribution is 0.442. The van der Waals surface area contributed by atoms with Gasteiger partial charge in [-0.1, -0.05) is 44.2 Å². The minimum atomic E-state index is 0.0980. The van der Waals surface area contributed by atoms with Crippen molar-refractivity contribution in [2.24, 2.45) is 5.92 Å². The van der Waals surface area contributed by atoms with E-state index in [4.69, 9.17) is 0 Å². The lowest BCUT2D eigenvalue weighted by Crippen LogP contribution is -1.95. The lowest BCUT2D eigenvalue weighted by Gasteiger charge is -2.05. The Morgan fingerprint density at radius 2 is 1.74 bits per heavy atom. The fraction of sp³-hybridized carbons (Fsp3) is 0.500. The van der Waals surface area contributed by atoms with Crippen LogP contribution in [-0.2, 0) is 6.42 Å². The summed E-state index contributed by atoms with van der Waals surface area (Å²) in [5.74, 6) is 1.12. The number of nitrogens with zero attached hydrogens (tertiary/aromatic N) is 2. The molecule has 1 aromatic carbocycles. The molecule has 1 aliphatic rings. The predicted octanol–water partition coefficient (Wildman–Crippen LogP) is 3.85. The van der Waals surface area contributed by atoms with Gasteiger partial charge in [0, 0.05) is 0 Å². The van der Waals surface area contributed by atoms with Crippen molar-refractivity contribution in [1.29, 1.82) is 0 Å². The molecule has 1 N–H and O–H groups in total. The van der Waals surface area contributed by atoms with Gasteiger partial charge in [0.15, 0.2) is 0 Å². The highest BCUT2D eigenvalue weighted by Crippen LogP contribution is 2.34. The number of hydrogen-bond acceptors (Lipinski definition) is 3. The van der Waals surface area contributed by atoms with E-state index in [2.05, 4.69) is 9.97 Å². The average molecular weight is 256 g/mol. The molecule has 1 aliphatic carbocycles. The van der Waals surface area contributed by atoms with E-state index in [0.717, 1.165) is 35.5 Å². The number of benzene rings is 1. The van der Waals surface area contributed by atoms with Gasteiger partial charge in [0.2, 0.25) is 5.88 Å². The fourth-order valence-corrected chi connectivity index (χ4v) is 2.50. The standard InChI is InChI=1S/C16H20N2O/c19-16-15(9-3-1-2-6-12-10-11-12)17-13-7-4-5-8-14(13)18-16/h4-5,7-8,12H,1-3,6,9-11H2,(H,18,19). The molecule has 0 amide bonds. The third kappa shape index (κ3) is 3.22. The fourth-order valence-electron chi connectivity index (χ4n) is 2.50. The first-order chi connectivity index (χ1) is 9.33. The van der Waals surface area contributed by atoms with E-state index in [1.807, 2.05) is 24.3 Å². The first-order valence-corrected chi connectivity index (χ1v) is 7.27. The molecule has 3 nitrogen and oxygen atoms in total. The zero-order valence-electron chi connectivity index (χ0n) is 11.2. The van der Waals surface area contributed by atoms with E-state index in [9.17, 15) is 5.11 Å². The van der Waals surface area contributed by atoms with Gasteiger partial charge in [-0.25, -0.2) is 9.97 Å². The molecule has 2 aromatic rings. The van der Waals surface area contributed by atoms with Crippen LogP contribution in [0.2, 0.25) is 0 Å². The van der Waals surface area contributed by atoms with E-state index in [-0.39, 0.29) is 5.88 Å². The van der Waals surface area contributed by atoms with Crippen molar-refractivity contribution in [3.8, 4) is 5.88 Å². The molecule has 0 saturated heterocycles. The van der Waals surface area contributed by atoms with Crippen LogP contribution in [0.3, 0.4) is 0 Å². The lowest BCUT2D eigenvalue weighted by atomic mass is 10.1. The van der Waals surface area contributed by atoms with E-state index >= 15 is 0 Å². The zero-order valence-corrected chi connectivity index (χ0v) is 11.2. The third-order valence-corrected chi connectivity index (χ3v) is 3.84. The smallest absolute Gasteiger partial charge is 0.233 e. The largest absolute Gasteiger partial charge is 0.492 e. The topological polar surface area (TPSA) is 46.0 Å². The summed E-state index contributed by atoms with van der Waals surface area (Å²) in [6, 6.07) is 7.68. The highest BCUT2D eigenvalue weighted by Gasteiger charge is 2.19. The van der Waals surface area contributed by atoms with Crippen LogP contribution in [0.15, 0.2) is 24.3 Å². The maximum Gasteiger partial charge on any atom is 0.233 e. The molecule has 0 aliphatic heterocycles. The summed E-state index contributed by atoms with van der Waals surface area (Å²) in [5, 5.41) is 9.89. The number of aryl methyl sites for hydroxylation is 1. The Morgan fingerprint density at radius 3 is 2.47 bits per heavy atom. The van der Waals surface area contributed by atoms with Gasteiger partial charge in [0.05, 0.1) is 11.0 Å². The second-order valence-electron chi connectivity index (χ2n) is 5.53. The molecule has 100 valence electrons. The van der Waals surface area contributed by atoms with Gasteiger partial charge in [-0.15, -0.1) is 0 Å². The molecule has 0 bridgehead atoms. The normalized spacial score (nSPS) is 14.9. The van der Waals surface area contributed by atoms with Crippen molar-refractivity contribution in [1.82, 2.24) is 9.97 Å². The van der Waals surface area contributed by atoms with Gasteiger partial charge in [-0.2, -0.15) is 0 Å². The molecule has 0 spiro atoms. The van der Waals surface area contributed by atoms with Crippen molar-refractivity contribution in [3.63, 3.8) is 0 Å². The Labute approximate surface area is 113 Å². The van der Waals surface area contributed by atoms with Gasteiger partial charge >= 0.3 is 0 Å². The van der Waals surface area contributed by atoms with Crippen LogP contribution in [0.25, 0.3) is 11.0 Å². The van der Waals surface area contributed by atoms with Gasteiger partial charge in [0.25, 0.3) is 0 Å². The first kappa shape index (κ1) is 12.4. The highest BCUT2D eigenvalue weighted by atomic mass is 16.3. The van der Waals surface area contributed by atoms with Crippen LogP contribution in [0.1, 0.15) is 44.2 Å². The molecule has 3 heteroatoms. The highest BCUT2D eigenvalue weighted by molar-refractivity contribution is 5.74. The van der Waals surface area contributed by atoms with Crippen LogP contribution in [0, 0.1) is 5.92 Å². The molecule has 19 heavy (non-hydrogen) atoms. The Hall–Kier alpha value is -1.64. The molecule has 1 aromatic heterocycles. The molecule has 0 unspecified atom stereocenters. The third-order valence-electron chi connectivity index (χ3n) is 3.84. The summed E-state index contributed by atoms with van der Waals surface area (Å²) < 4.78 is 0. The van der Waals surface area contributed by atoms with Gasteiger partial charge in [-0.05, 0) is 30.9 Å². The van der Waals surface area contributed by atoms with E-state index in [1.54, 1.807) is 0 Å². The van der Waals surface area contributed by atoms with E-state index in [1.165, 1.54) is 32.1 Å². The Kier molecular flexibility index (Phi) is 3.62. The Bertz CT molecular complexity index is 564. The SMILES string of the molecule is Oc1nc2ccccc2nc1CCCCCC1CC1. The summed E-state index contributed by atoms with van der Waals surface area (Å²) in [5.41, 5.74) is 2.37. The van der Waals surface area contributed by atoms with Crippen LogP contribution < -0.4 is 0 Å². The molecular weight excluding hydrogens is 236 g/mol. The zero-order chi connectivity index (χ0) is 13.1. The number of unbranched alkanes of at least 4 members (excludes halogenated alkanes) is 2. The molecule has 1 saturated carbocycles. The second kappa shape index (κ2) is 5.55. The van der Waals surface area contributed by atoms with Crippen LogP contribution in [-0.4, -0.2) is 15.1 Å². The minimum Gasteiger partial charge on any atom is -0.492 e. The van der Waals surface area contributed by atoms with Crippen molar-refractivity contribution < 1.29 is 5.11 Å². The number of aromatic nitrogens is 2. The van der Waals surface area contributed by atoms with E-state index < -0.39 is 0 Å². The summed E-state index contributed by atoms with van der Waals surface area (Å²) in [4.78, 5) is 8.71. The van der Waals surface area contributed by atoms with Gasteiger partial charge < -0.3 is 5.11 Å². The van der Waals surface area contributed by atoms with Crippen LogP contribution >= 0.6 is 0 Å². The molecule has 1 fully saturated rings. The number of fused-ring (bicyclic) bond motifs is 1. The second-order valence-corrected chi connectivity index (χ2v) is 5.53. The van der Waals surface area contributed by atoms with Gasteiger partial charge in [-0.3, -0.25) is 0 Å². The predicted molar refractivity (Wildman–Crippen MR) is 76.1 cm³/mol. The maximum atomic E-state index is 9.89. The van der Waals surface area contributed by atoms with Crippen LogP contribution in [0.5, 0.6) is 5.88 Å². The molecule has 1 heterocycles. The van der Waals surface area contributed by atoms with Crippen molar-refractivity contribution in [2.45, 2.75) is 44.9 Å². The summed E-state index contributed by atoms with van der Waals surface area (Å²) in [6.07, 6.45) is 8.72. The van der Waals surface area contributed by atoms with Crippen molar-refractivity contribution in [2.75, 3.05) is 0 Å². The van der Waals surface area contributed by atoms with Gasteiger partial charge in [0.1, 0.15) is 5.69 Å². The average Bonchev–Trinajstić information content (AvgIpc) is 3.23. The molecule has 0 radical (unpaired) electrons. The number of hydrogen-bond donors (Lipinski definition) is 1. The summed E-state index contributed by atoms with van der Waals surface area (Å²) in [6.45, 7) is 0. The number of para-hydroxylation sites is 2. The van der Waals surface area contributed by atoms with E-state index in [0.29, 0.717) is 0 Å². The van der Waals surface area contributed by atoms with Crippen molar-refractivity contribution >= 4 is 11.0 Å².